The predicted octanol–water partition coefficient (Wildman–Crippen LogP) is 3.30. The number of H-pyrrole nitrogens is 1. The molecule has 1 heterocycles. The van der Waals surface area contributed by atoms with Gasteiger partial charge in [0.25, 0.3) is 0 Å². The lowest BCUT2D eigenvalue weighted by molar-refractivity contribution is 0.638. The molecule has 1 N–H and O–H groups in total. The van der Waals surface area contributed by atoms with Crippen LogP contribution in [-0.4, -0.2) is 4.98 Å². The lowest BCUT2D eigenvalue weighted by atomic mass is 10.1. The topological polar surface area (TPSA) is 32.9 Å². The molecule has 0 saturated carbocycles. The Balaban J connectivity index is 3.04. The van der Waals surface area contributed by atoms with Gasteiger partial charge < -0.3 is 4.98 Å². The summed E-state index contributed by atoms with van der Waals surface area (Å²) in [4.78, 5) is 15.1. The molecule has 1 aromatic carbocycles. The summed E-state index contributed by atoms with van der Waals surface area (Å²) in [6.45, 7) is 3.68. The zero-order chi connectivity index (χ0) is 11.9. The Morgan fingerprint density at radius 3 is 2.75 bits per heavy atom. The molecule has 0 atom stereocenters. The van der Waals surface area contributed by atoms with Crippen molar-refractivity contribution in [1.29, 1.82) is 0 Å². The zero-order valence-corrected chi connectivity index (χ0v) is 10.6. The Hall–Kier alpha value is -1.16. The minimum absolute atomic E-state index is 0.129. The van der Waals surface area contributed by atoms with Gasteiger partial charge in [-0.2, -0.15) is 0 Å². The molecule has 2 rings (SSSR count). The highest BCUT2D eigenvalue weighted by molar-refractivity contribution is 9.10. The number of benzene rings is 1. The van der Waals surface area contributed by atoms with Crippen LogP contribution in [0.4, 0.5) is 4.39 Å². The molecular formula is C12H11BrFNO. The Labute approximate surface area is 101 Å². The van der Waals surface area contributed by atoms with Crippen LogP contribution in [0.15, 0.2) is 21.4 Å². The van der Waals surface area contributed by atoms with Crippen molar-refractivity contribution in [2.75, 3.05) is 0 Å². The van der Waals surface area contributed by atoms with Crippen LogP contribution in [-0.2, 0) is 6.42 Å². The first-order valence-electron chi connectivity index (χ1n) is 5.05. The number of aromatic nitrogens is 1. The number of rotatable bonds is 1. The first kappa shape index (κ1) is 11.3. The van der Waals surface area contributed by atoms with Gasteiger partial charge in [0.2, 0.25) is 0 Å². The third-order valence-electron chi connectivity index (χ3n) is 2.75. The molecule has 84 valence electrons. The van der Waals surface area contributed by atoms with E-state index in [0.717, 1.165) is 12.1 Å². The summed E-state index contributed by atoms with van der Waals surface area (Å²) in [5.41, 5.74) is 1.74. The van der Waals surface area contributed by atoms with Crippen LogP contribution in [0.3, 0.4) is 0 Å². The predicted molar refractivity (Wildman–Crippen MR) is 66.3 cm³/mol. The van der Waals surface area contributed by atoms with Crippen LogP contribution in [0.1, 0.15) is 18.2 Å². The summed E-state index contributed by atoms with van der Waals surface area (Å²) >= 11 is 3.32. The van der Waals surface area contributed by atoms with E-state index in [-0.39, 0.29) is 10.8 Å². The average Bonchev–Trinajstić information content (AvgIpc) is 2.27. The number of aryl methyl sites for hydroxylation is 1. The maximum atomic E-state index is 13.6. The fourth-order valence-electron chi connectivity index (χ4n) is 1.82. The van der Waals surface area contributed by atoms with Gasteiger partial charge in [0.15, 0.2) is 5.43 Å². The summed E-state index contributed by atoms with van der Waals surface area (Å²) in [6.07, 6.45) is 0.722. The van der Waals surface area contributed by atoms with Crippen molar-refractivity contribution >= 4 is 26.8 Å². The van der Waals surface area contributed by atoms with E-state index in [1.54, 1.807) is 13.0 Å². The van der Waals surface area contributed by atoms with E-state index >= 15 is 0 Å². The van der Waals surface area contributed by atoms with Gasteiger partial charge >= 0.3 is 0 Å². The van der Waals surface area contributed by atoms with Crippen LogP contribution in [0.5, 0.6) is 0 Å². The number of halogens is 2. The fraction of sp³-hybridized carbons (Fsp3) is 0.250. The van der Waals surface area contributed by atoms with Gasteiger partial charge in [0.1, 0.15) is 5.82 Å². The van der Waals surface area contributed by atoms with Gasteiger partial charge in [-0.15, -0.1) is 0 Å². The van der Waals surface area contributed by atoms with E-state index in [0.29, 0.717) is 15.6 Å². The van der Waals surface area contributed by atoms with Crippen molar-refractivity contribution in [2.45, 2.75) is 20.3 Å². The summed E-state index contributed by atoms with van der Waals surface area (Å²) in [5, 5.41) is 0.129. The van der Waals surface area contributed by atoms with Crippen molar-refractivity contribution in [1.82, 2.24) is 4.98 Å². The van der Waals surface area contributed by atoms with E-state index in [2.05, 4.69) is 20.9 Å². The molecule has 0 bridgehead atoms. The van der Waals surface area contributed by atoms with Crippen molar-refractivity contribution in [3.63, 3.8) is 0 Å². The van der Waals surface area contributed by atoms with E-state index < -0.39 is 5.82 Å². The second kappa shape index (κ2) is 4.01. The molecule has 0 saturated heterocycles. The van der Waals surface area contributed by atoms with Crippen molar-refractivity contribution in [3.8, 4) is 0 Å². The van der Waals surface area contributed by atoms with Crippen LogP contribution in [0.2, 0.25) is 0 Å². The number of nitrogens with one attached hydrogen (secondary N) is 1. The Morgan fingerprint density at radius 1 is 1.44 bits per heavy atom. The van der Waals surface area contributed by atoms with Crippen molar-refractivity contribution in [2.24, 2.45) is 0 Å². The summed E-state index contributed by atoms with van der Waals surface area (Å²) in [6, 6.07) is 2.90. The highest BCUT2D eigenvalue weighted by atomic mass is 79.9. The Bertz CT molecular complexity index is 618. The molecule has 0 radical (unpaired) electrons. The molecule has 0 spiro atoms. The fourth-order valence-corrected chi connectivity index (χ4v) is 2.25. The molecule has 16 heavy (non-hydrogen) atoms. The normalized spacial score (nSPS) is 11.0. The molecule has 2 aromatic rings. The lowest BCUT2D eigenvalue weighted by Gasteiger charge is -2.08. The molecule has 0 aliphatic heterocycles. The number of hydrogen-bond acceptors (Lipinski definition) is 1. The average molecular weight is 284 g/mol. The van der Waals surface area contributed by atoms with E-state index in [1.165, 1.54) is 6.07 Å². The second-order valence-corrected chi connectivity index (χ2v) is 4.54. The van der Waals surface area contributed by atoms with Gasteiger partial charge in [0, 0.05) is 15.7 Å². The summed E-state index contributed by atoms with van der Waals surface area (Å²) in [5.74, 6) is -0.481. The molecule has 0 amide bonds. The SMILES string of the molecule is CCc1[nH]c2c(Br)ccc(F)c2c(=O)c1C. The monoisotopic (exact) mass is 283 g/mol. The standard InChI is InChI=1S/C12H11BrFNO/c1-3-9-6(2)12(16)10-8(14)5-4-7(13)11(10)15-9/h4-5H,3H2,1-2H3,(H,15,16). The molecule has 0 unspecified atom stereocenters. The lowest BCUT2D eigenvalue weighted by Crippen LogP contribution is -2.12. The molecule has 1 aromatic heterocycles. The molecular weight excluding hydrogens is 273 g/mol. The second-order valence-electron chi connectivity index (χ2n) is 3.69. The summed E-state index contributed by atoms with van der Waals surface area (Å²) in [7, 11) is 0. The summed E-state index contributed by atoms with van der Waals surface area (Å²) < 4.78 is 14.3. The van der Waals surface area contributed by atoms with Crippen LogP contribution >= 0.6 is 15.9 Å². The van der Waals surface area contributed by atoms with Gasteiger partial charge in [-0.25, -0.2) is 4.39 Å². The van der Waals surface area contributed by atoms with Crippen LogP contribution < -0.4 is 5.43 Å². The number of hydrogen-bond donors (Lipinski definition) is 1. The van der Waals surface area contributed by atoms with E-state index in [1.807, 2.05) is 6.92 Å². The molecule has 0 aliphatic carbocycles. The largest absolute Gasteiger partial charge is 0.357 e. The quantitative estimate of drug-likeness (QED) is 0.856. The third kappa shape index (κ3) is 1.57. The van der Waals surface area contributed by atoms with E-state index in [9.17, 15) is 9.18 Å². The Kier molecular flexibility index (Phi) is 2.84. The first-order valence-corrected chi connectivity index (χ1v) is 5.85. The maximum absolute atomic E-state index is 13.6. The van der Waals surface area contributed by atoms with Crippen LogP contribution in [0.25, 0.3) is 10.9 Å². The minimum atomic E-state index is -0.481. The number of aromatic amines is 1. The molecule has 0 fully saturated rings. The zero-order valence-electron chi connectivity index (χ0n) is 9.03. The highest BCUT2D eigenvalue weighted by Gasteiger charge is 2.12. The molecule has 4 heteroatoms. The molecule has 0 aliphatic rings. The van der Waals surface area contributed by atoms with Gasteiger partial charge in [-0.05, 0) is 41.4 Å². The van der Waals surface area contributed by atoms with Crippen molar-refractivity contribution < 1.29 is 4.39 Å². The smallest absolute Gasteiger partial charge is 0.195 e. The van der Waals surface area contributed by atoms with Crippen LogP contribution in [0, 0.1) is 12.7 Å². The van der Waals surface area contributed by atoms with Gasteiger partial charge in [-0.1, -0.05) is 6.92 Å². The number of fused-ring (bicyclic) bond motifs is 1. The third-order valence-corrected chi connectivity index (χ3v) is 3.41. The van der Waals surface area contributed by atoms with E-state index in [4.69, 9.17) is 0 Å². The van der Waals surface area contributed by atoms with Gasteiger partial charge in [-0.3, -0.25) is 4.79 Å². The number of pyridine rings is 1. The molecule has 2 nitrogen and oxygen atoms in total. The highest BCUT2D eigenvalue weighted by Crippen LogP contribution is 2.23. The minimum Gasteiger partial charge on any atom is -0.357 e. The maximum Gasteiger partial charge on any atom is 0.195 e. The van der Waals surface area contributed by atoms with Crippen molar-refractivity contribution in [3.05, 3.63) is 43.9 Å². The first-order chi connectivity index (χ1) is 7.56. The Morgan fingerprint density at radius 2 is 2.12 bits per heavy atom. The van der Waals surface area contributed by atoms with Gasteiger partial charge in [0.05, 0.1) is 10.9 Å².